The standard InChI is InChI=1S/C18H17N3O2S/c22-12-17-16(20-18(24-17)21-5-7-23-8-6-21)10-13-1-2-15-11-19-4-3-14(15)9-13/h1-4,9,11-12H,5-8,10H2. The molecule has 0 bridgehead atoms. The molecule has 0 saturated carbocycles. The number of aromatic nitrogens is 2. The van der Waals surface area contributed by atoms with E-state index in [1.54, 1.807) is 6.20 Å². The molecule has 1 aromatic carbocycles. The van der Waals surface area contributed by atoms with Crippen LogP contribution in [0.2, 0.25) is 0 Å². The SMILES string of the molecule is O=Cc1sc(N2CCOCC2)nc1Cc1ccc2cnccc2c1. The molecular weight excluding hydrogens is 322 g/mol. The number of nitrogens with zero attached hydrogens (tertiary/aromatic N) is 3. The number of hydrogen-bond donors (Lipinski definition) is 0. The summed E-state index contributed by atoms with van der Waals surface area (Å²) in [6, 6.07) is 8.28. The van der Waals surface area contributed by atoms with Gasteiger partial charge in [-0.3, -0.25) is 9.78 Å². The Morgan fingerprint density at radius 2 is 2.08 bits per heavy atom. The van der Waals surface area contributed by atoms with Gasteiger partial charge in [-0.25, -0.2) is 4.98 Å². The highest BCUT2D eigenvalue weighted by Crippen LogP contribution is 2.28. The van der Waals surface area contributed by atoms with Crippen molar-refractivity contribution in [2.24, 2.45) is 0 Å². The highest BCUT2D eigenvalue weighted by Gasteiger charge is 2.18. The molecule has 3 heterocycles. The van der Waals surface area contributed by atoms with Crippen LogP contribution in [0.4, 0.5) is 5.13 Å². The lowest BCUT2D eigenvalue weighted by Gasteiger charge is -2.26. The van der Waals surface area contributed by atoms with Gasteiger partial charge in [0.1, 0.15) is 0 Å². The van der Waals surface area contributed by atoms with Crippen molar-refractivity contribution < 1.29 is 9.53 Å². The fourth-order valence-corrected chi connectivity index (χ4v) is 3.84. The minimum atomic E-state index is 0.660. The molecule has 122 valence electrons. The lowest BCUT2D eigenvalue weighted by Crippen LogP contribution is -2.36. The fourth-order valence-electron chi connectivity index (χ4n) is 2.90. The van der Waals surface area contributed by atoms with Crippen LogP contribution in [0.5, 0.6) is 0 Å². The van der Waals surface area contributed by atoms with Crippen molar-refractivity contribution in [2.45, 2.75) is 6.42 Å². The van der Waals surface area contributed by atoms with E-state index >= 15 is 0 Å². The van der Waals surface area contributed by atoms with Gasteiger partial charge in [0.15, 0.2) is 11.4 Å². The average Bonchev–Trinajstić information content (AvgIpc) is 3.05. The van der Waals surface area contributed by atoms with Gasteiger partial charge in [-0.15, -0.1) is 0 Å². The second kappa shape index (κ2) is 6.67. The Hall–Kier alpha value is -2.31. The van der Waals surface area contributed by atoms with Gasteiger partial charge in [-0.2, -0.15) is 0 Å². The Bertz CT molecular complexity index is 872. The number of morpholine rings is 1. The molecule has 1 aliphatic rings. The number of ether oxygens (including phenoxy) is 1. The molecule has 0 atom stereocenters. The summed E-state index contributed by atoms with van der Waals surface area (Å²) in [5.41, 5.74) is 2.00. The molecule has 0 amide bonds. The number of rotatable bonds is 4. The number of benzene rings is 1. The van der Waals surface area contributed by atoms with E-state index in [1.165, 1.54) is 11.3 Å². The molecule has 6 heteroatoms. The molecule has 24 heavy (non-hydrogen) atoms. The van der Waals surface area contributed by atoms with Crippen molar-refractivity contribution in [1.29, 1.82) is 0 Å². The first kappa shape index (κ1) is 15.2. The van der Waals surface area contributed by atoms with Crippen LogP contribution in [0, 0.1) is 0 Å². The van der Waals surface area contributed by atoms with Crippen LogP contribution in [0.25, 0.3) is 10.8 Å². The van der Waals surface area contributed by atoms with Crippen LogP contribution < -0.4 is 4.90 Å². The van der Waals surface area contributed by atoms with Crippen LogP contribution in [-0.2, 0) is 11.2 Å². The molecule has 0 aliphatic carbocycles. The summed E-state index contributed by atoms with van der Waals surface area (Å²) in [5, 5.41) is 3.18. The minimum Gasteiger partial charge on any atom is -0.378 e. The second-order valence-electron chi connectivity index (χ2n) is 5.76. The third-order valence-corrected chi connectivity index (χ3v) is 5.27. The van der Waals surface area contributed by atoms with E-state index in [4.69, 9.17) is 9.72 Å². The molecule has 1 fully saturated rings. The summed E-state index contributed by atoms with van der Waals surface area (Å²) in [6.07, 6.45) is 5.23. The second-order valence-corrected chi connectivity index (χ2v) is 6.77. The maximum Gasteiger partial charge on any atom is 0.186 e. The molecule has 0 N–H and O–H groups in total. The highest BCUT2D eigenvalue weighted by atomic mass is 32.1. The zero-order valence-corrected chi connectivity index (χ0v) is 14.0. The van der Waals surface area contributed by atoms with E-state index < -0.39 is 0 Å². The number of fused-ring (bicyclic) bond motifs is 1. The lowest BCUT2D eigenvalue weighted by atomic mass is 10.1. The molecule has 5 nitrogen and oxygen atoms in total. The summed E-state index contributed by atoms with van der Waals surface area (Å²) in [6.45, 7) is 3.08. The number of anilines is 1. The topological polar surface area (TPSA) is 55.3 Å². The van der Waals surface area contributed by atoms with Crippen LogP contribution in [0.15, 0.2) is 36.7 Å². The first-order chi connectivity index (χ1) is 11.8. The summed E-state index contributed by atoms with van der Waals surface area (Å²) in [4.78, 5) is 23.2. The zero-order chi connectivity index (χ0) is 16.4. The highest BCUT2D eigenvalue weighted by molar-refractivity contribution is 7.17. The van der Waals surface area contributed by atoms with Crippen LogP contribution in [0.1, 0.15) is 20.9 Å². The maximum absolute atomic E-state index is 11.4. The van der Waals surface area contributed by atoms with Crippen molar-refractivity contribution >= 4 is 33.5 Å². The van der Waals surface area contributed by atoms with Crippen LogP contribution in [-0.4, -0.2) is 42.6 Å². The van der Waals surface area contributed by atoms with Gasteiger partial charge in [0.2, 0.25) is 0 Å². The maximum atomic E-state index is 11.4. The van der Waals surface area contributed by atoms with Crippen molar-refractivity contribution in [2.75, 3.05) is 31.2 Å². The quantitative estimate of drug-likeness (QED) is 0.684. The number of carbonyl (C=O) groups excluding carboxylic acids is 1. The Morgan fingerprint density at radius 1 is 1.21 bits per heavy atom. The molecule has 1 aliphatic heterocycles. The Morgan fingerprint density at radius 3 is 2.92 bits per heavy atom. The van der Waals surface area contributed by atoms with Gasteiger partial charge in [-0.1, -0.05) is 29.5 Å². The van der Waals surface area contributed by atoms with E-state index in [2.05, 4.69) is 28.1 Å². The first-order valence-electron chi connectivity index (χ1n) is 7.94. The van der Waals surface area contributed by atoms with E-state index in [9.17, 15) is 4.79 Å². The third-order valence-electron chi connectivity index (χ3n) is 4.18. The molecule has 4 rings (SSSR count). The molecule has 2 aromatic heterocycles. The average molecular weight is 339 g/mol. The van der Waals surface area contributed by atoms with Gasteiger partial charge in [-0.05, 0) is 17.0 Å². The van der Waals surface area contributed by atoms with Gasteiger partial charge < -0.3 is 9.64 Å². The van der Waals surface area contributed by atoms with Crippen LogP contribution >= 0.6 is 11.3 Å². The van der Waals surface area contributed by atoms with E-state index in [1.807, 2.05) is 12.3 Å². The van der Waals surface area contributed by atoms with E-state index in [-0.39, 0.29) is 0 Å². The summed E-state index contributed by atoms with van der Waals surface area (Å²) in [5.74, 6) is 0. The molecule has 1 saturated heterocycles. The van der Waals surface area contributed by atoms with Crippen LogP contribution in [0.3, 0.4) is 0 Å². The monoisotopic (exact) mass is 339 g/mol. The van der Waals surface area contributed by atoms with Gasteiger partial charge in [0.25, 0.3) is 0 Å². The number of aldehydes is 1. The molecule has 0 radical (unpaired) electrons. The van der Waals surface area contributed by atoms with Crippen molar-refractivity contribution in [3.63, 3.8) is 0 Å². The summed E-state index contributed by atoms with van der Waals surface area (Å²) >= 11 is 1.47. The number of pyridine rings is 1. The van der Waals surface area contributed by atoms with Gasteiger partial charge >= 0.3 is 0 Å². The van der Waals surface area contributed by atoms with E-state index in [0.29, 0.717) is 24.5 Å². The largest absolute Gasteiger partial charge is 0.378 e. The predicted octanol–water partition coefficient (Wildman–Crippen LogP) is 2.93. The fraction of sp³-hybridized carbons (Fsp3) is 0.278. The first-order valence-corrected chi connectivity index (χ1v) is 8.75. The molecule has 0 spiro atoms. The van der Waals surface area contributed by atoms with Gasteiger partial charge in [0, 0.05) is 37.3 Å². The van der Waals surface area contributed by atoms with Crippen molar-refractivity contribution in [3.05, 3.63) is 52.8 Å². The Kier molecular flexibility index (Phi) is 4.23. The van der Waals surface area contributed by atoms with Crippen molar-refractivity contribution in [1.82, 2.24) is 9.97 Å². The number of hydrogen-bond acceptors (Lipinski definition) is 6. The molecular formula is C18H17N3O2S. The summed E-state index contributed by atoms with van der Waals surface area (Å²) in [7, 11) is 0. The van der Waals surface area contributed by atoms with Gasteiger partial charge in [0.05, 0.1) is 23.8 Å². The normalized spacial score (nSPS) is 14.9. The van der Waals surface area contributed by atoms with E-state index in [0.717, 1.165) is 46.5 Å². The smallest absolute Gasteiger partial charge is 0.186 e. The Labute approximate surface area is 143 Å². The van der Waals surface area contributed by atoms with Crippen molar-refractivity contribution in [3.8, 4) is 0 Å². The summed E-state index contributed by atoms with van der Waals surface area (Å²) < 4.78 is 5.38. The number of thiazole rings is 1. The Balaban J connectivity index is 1.62. The minimum absolute atomic E-state index is 0.660. The zero-order valence-electron chi connectivity index (χ0n) is 13.1. The molecule has 3 aromatic rings. The lowest BCUT2D eigenvalue weighted by molar-refractivity contribution is 0.112. The number of carbonyl (C=O) groups is 1. The predicted molar refractivity (Wildman–Crippen MR) is 95.1 cm³/mol. The third kappa shape index (κ3) is 3.02. The molecule has 0 unspecified atom stereocenters.